The summed E-state index contributed by atoms with van der Waals surface area (Å²) in [7, 11) is 1.82. The Morgan fingerprint density at radius 3 is 2.86 bits per heavy atom. The van der Waals surface area contributed by atoms with Crippen molar-refractivity contribution in [2.24, 2.45) is 0 Å². The Morgan fingerprint density at radius 1 is 1.41 bits per heavy atom. The van der Waals surface area contributed by atoms with Crippen molar-refractivity contribution in [3.63, 3.8) is 0 Å². The van der Waals surface area contributed by atoms with Crippen LogP contribution in [-0.4, -0.2) is 37.4 Å². The second-order valence-corrected chi connectivity index (χ2v) is 6.82. The van der Waals surface area contributed by atoms with Crippen molar-refractivity contribution in [2.45, 2.75) is 33.7 Å². The van der Waals surface area contributed by atoms with Gasteiger partial charge in [0.1, 0.15) is 0 Å². The number of aromatic amines is 1. The summed E-state index contributed by atoms with van der Waals surface area (Å²) in [5.74, 6) is 0.0489. The molecule has 0 fully saturated rings. The first-order valence-electron chi connectivity index (χ1n) is 7.13. The molecule has 3 aromatic heterocycles. The molecule has 22 heavy (non-hydrogen) atoms. The fourth-order valence-electron chi connectivity index (χ4n) is 2.47. The first-order chi connectivity index (χ1) is 10.4. The third kappa shape index (κ3) is 2.76. The van der Waals surface area contributed by atoms with Crippen LogP contribution < -0.4 is 0 Å². The van der Waals surface area contributed by atoms with Crippen LogP contribution in [0.4, 0.5) is 0 Å². The average Bonchev–Trinajstić information content (AvgIpc) is 3.08. The van der Waals surface area contributed by atoms with Crippen LogP contribution in [0.3, 0.4) is 0 Å². The Kier molecular flexibility index (Phi) is 3.74. The molecule has 0 aliphatic carbocycles. The van der Waals surface area contributed by atoms with Gasteiger partial charge in [-0.2, -0.15) is 5.10 Å². The van der Waals surface area contributed by atoms with Crippen LogP contribution in [0.1, 0.15) is 27.7 Å². The molecule has 0 aliphatic heterocycles. The van der Waals surface area contributed by atoms with Crippen LogP contribution in [0.15, 0.2) is 12.3 Å². The van der Waals surface area contributed by atoms with E-state index in [-0.39, 0.29) is 5.91 Å². The summed E-state index contributed by atoms with van der Waals surface area (Å²) >= 11 is 1.66. The summed E-state index contributed by atoms with van der Waals surface area (Å²) < 4.78 is 2.08. The van der Waals surface area contributed by atoms with Crippen molar-refractivity contribution in [1.82, 2.24) is 24.5 Å². The van der Waals surface area contributed by atoms with Gasteiger partial charge in [0, 0.05) is 23.8 Å². The molecule has 1 N–H and O–H groups in total. The van der Waals surface area contributed by atoms with Gasteiger partial charge in [-0.25, -0.2) is 4.98 Å². The summed E-state index contributed by atoms with van der Waals surface area (Å²) in [5, 5.41) is 6.98. The highest BCUT2D eigenvalue weighted by Gasteiger charge is 2.17. The zero-order chi connectivity index (χ0) is 15.9. The number of imidazole rings is 1. The number of aryl methyl sites for hydroxylation is 3. The third-order valence-electron chi connectivity index (χ3n) is 3.65. The molecule has 1 amide bonds. The fraction of sp³-hybridized carbons (Fsp3) is 0.400. The third-order valence-corrected chi connectivity index (χ3v) is 4.54. The topological polar surface area (TPSA) is 66.3 Å². The summed E-state index contributed by atoms with van der Waals surface area (Å²) in [6.07, 6.45) is 2.38. The Hall–Kier alpha value is -2.15. The normalized spacial score (nSPS) is 11.3. The number of carbonyl (C=O) groups excluding carboxylic acids is 1. The van der Waals surface area contributed by atoms with Crippen LogP contribution in [0.25, 0.3) is 4.96 Å². The lowest BCUT2D eigenvalue weighted by Crippen LogP contribution is -2.28. The van der Waals surface area contributed by atoms with E-state index < -0.39 is 0 Å². The highest BCUT2D eigenvalue weighted by molar-refractivity contribution is 7.17. The molecule has 0 radical (unpaired) electrons. The molecule has 0 atom stereocenters. The van der Waals surface area contributed by atoms with E-state index >= 15 is 0 Å². The lowest BCUT2D eigenvalue weighted by atomic mass is 10.2. The maximum atomic E-state index is 12.3. The van der Waals surface area contributed by atoms with Crippen molar-refractivity contribution in [3.8, 4) is 0 Å². The molecule has 7 heteroatoms. The minimum Gasteiger partial charge on any atom is -0.340 e. The zero-order valence-electron chi connectivity index (χ0n) is 13.2. The van der Waals surface area contributed by atoms with E-state index in [0.29, 0.717) is 13.0 Å². The molecular formula is C15H19N5OS. The summed E-state index contributed by atoms with van der Waals surface area (Å²) in [6.45, 7) is 6.52. The number of nitrogens with zero attached hydrogens (tertiary/aromatic N) is 4. The van der Waals surface area contributed by atoms with E-state index in [2.05, 4.69) is 32.7 Å². The Morgan fingerprint density at radius 2 is 2.18 bits per heavy atom. The molecule has 0 saturated carbocycles. The van der Waals surface area contributed by atoms with Gasteiger partial charge >= 0.3 is 0 Å². The van der Waals surface area contributed by atoms with Crippen LogP contribution >= 0.6 is 11.3 Å². The lowest BCUT2D eigenvalue weighted by Gasteiger charge is -2.16. The number of H-pyrrole nitrogens is 1. The fourth-order valence-corrected chi connectivity index (χ4v) is 3.36. The molecule has 6 nitrogen and oxygen atoms in total. The van der Waals surface area contributed by atoms with Gasteiger partial charge in [-0.1, -0.05) is 0 Å². The van der Waals surface area contributed by atoms with Gasteiger partial charge in [0.15, 0.2) is 4.96 Å². The number of hydrogen-bond acceptors (Lipinski definition) is 4. The van der Waals surface area contributed by atoms with Crippen LogP contribution in [0.5, 0.6) is 0 Å². The van der Waals surface area contributed by atoms with Gasteiger partial charge < -0.3 is 4.90 Å². The SMILES string of the molecule is Cc1cc(CC(=O)N(C)Cc2c(C)nc3sc(C)cn23)n[nH]1. The molecule has 0 aliphatic rings. The Labute approximate surface area is 132 Å². The first kappa shape index (κ1) is 14.8. The standard InChI is InChI=1S/C15H19N5OS/c1-9-5-12(18-17-9)6-14(21)19(4)8-13-11(3)16-15-20(13)7-10(2)22-15/h5,7H,6,8H2,1-4H3,(H,17,18). The van der Waals surface area contributed by atoms with Gasteiger partial charge in [0.25, 0.3) is 0 Å². The average molecular weight is 317 g/mol. The van der Waals surface area contributed by atoms with E-state index in [1.54, 1.807) is 16.2 Å². The molecule has 0 spiro atoms. The van der Waals surface area contributed by atoms with Crippen molar-refractivity contribution < 1.29 is 4.79 Å². The molecule has 0 saturated heterocycles. The smallest absolute Gasteiger partial charge is 0.228 e. The first-order valence-corrected chi connectivity index (χ1v) is 7.94. The Bertz CT molecular complexity index is 828. The minimum atomic E-state index is 0.0489. The van der Waals surface area contributed by atoms with Gasteiger partial charge in [-0.3, -0.25) is 14.3 Å². The van der Waals surface area contributed by atoms with Gasteiger partial charge in [0.2, 0.25) is 5.91 Å². The molecule has 0 aromatic carbocycles. The van der Waals surface area contributed by atoms with Crippen molar-refractivity contribution >= 4 is 22.2 Å². The predicted molar refractivity (Wildman–Crippen MR) is 86.0 cm³/mol. The maximum Gasteiger partial charge on any atom is 0.228 e. The monoisotopic (exact) mass is 317 g/mol. The molecular weight excluding hydrogens is 298 g/mol. The number of amides is 1. The number of rotatable bonds is 4. The number of hydrogen-bond donors (Lipinski definition) is 1. The second kappa shape index (κ2) is 5.57. The Balaban J connectivity index is 1.76. The van der Waals surface area contributed by atoms with Crippen molar-refractivity contribution in [3.05, 3.63) is 39.9 Å². The van der Waals surface area contributed by atoms with Crippen molar-refractivity contribution in [1.29, 1.82) is 0 Å². The van der Waals surface area contributed by atoms with Gasteiger partial charge in [-0.15, -0.1) is 11.3 Å². The molecule has 3 aromatic rings. The van der Waals surface area contributed by atoms with Crippen LogP contribution in [0, 0.1) is 20.8 Å². The van der Waals surface area contributed by atoms with E-state index in [9.17, 15) is 4.79 Å². The number of aromatic nitrogens is 4. The number of fused-ring (bicyclic) bond motifs is 1. The summed E-state index contributed by atoms with van der Waals surface area (Å²) in [4.78, 5) is 20.8. The summed E-state index contributed by atoms with van der Waals surface area (Å²) in [5.41, 5.74) is 3.78. The maximum absolute atomic E-state index is 12.3. The van der Waals surface area contributed by atoms with Crippen LogP contribution in [-0.2, 0) is 17.8 Å². The number of nitrogens with one attached hydrogen (secondary N) is 1. The van der Waals surface area contributed by atoms with E-state index in [1.165, 1.54) is 4.88 Å². The molecule has 116 valence electrons. The largest absolute Gasteiger partial charge is 0.340 e. The number of carbonyl (C=O) groups is 1. The lowest BCUT2D eigenvalue weighted by molar-refractivity contribution is -0.129. The second-order valence-electron chi connectivity index (χ2n) is 5.61. The van der Waals surface area contributed by atoms with E-state index in [0.717, 1.165) is 27.7 Å². The van der Waals surface area contributed by atoms with E-state index in [1.807, 2.05) is 27.0 Å². The minimum absolute atomic E-state index is 0.0489. The van der Waals surface area contributed by atoms with Gasteiger partial charge in [0.05, 0.1) is 30.0 Å². The van der Waals surface area contributed by atoms with Crippen LogP contribution in [0.2, 0.25) is 0 Å². The molecule has 0 bridgehead atoms. The molecule has 3 heterocycles. The molecule has 0 unspecified atom stereocenters. The summed E-state index contributed by atoms with van der Waals surface area (Å²) in [6, 6.07) is 1.90. The molecule has 3 rings (SSSR count). The highest BCUT2D eigenvalue weighted by atomic mass is 32.1. The van der Waals surface area contributed by atoms with Gasteiger partial charge in [-0.05, 0) is 26.8 Å². The number of likely N-dealkylation sites (N-methyl/N-ethyl adjacent to an activating group) is 1. The quantitative estimate of drug-likeness (QED) is 0.802. The number of thiazole rings is 1. The zero-order valence-corrected chi connectivity index (χ0v) is 14.0. The highest BCUT2D eigenvalue weighted by Crippen LogP contribution is 2.21. The van der Waals surface area contributed by atoms with E-state index in [4.69, 9.17) is 0 Å². The predicted octanol–water partition coefficient (Wildman–Crippen LogP) is 2.25. The van der Waals surface area contributed by atoms with Crippen molar-refractivity contribution in [2.75, 3.05) is 7.05 Å².